The van der Waals surface area contributed by atoms with Crippen molar-refractivity contribution < 1.29 is 13.9 Å². The molecular weight excluding hydrogens is 288 g/mol. The van der Waals surface area contributed by atoms with Crippen molar-refractivity contribution in [2.24, 2.45) is 5.73 Å². The summed E-state index contributed by atoms with van der Waals surface area (Å²) in [4.78, 5) is 11.1. The van der Waals surface area contributed by atoms with Crippen LogP contribution in [0.25, 0.3) is 0 Å². The molecule has 0 unspecified atom stereocenters. The van der Waals surface area contributed by atoms with Crippen molar-refractivity contribution in [1.29, 1.82) is 0 Å². The van der Waals surface area contributed by atoms with E-state index >= 15 is 0 Å². The van der Waals surface area contributed by atoms with Gasteiger partial charge in [-0.05, 0) is 17.7 Å². The molecule has 1 rings (SSSR count). The van der Waals surface area contributed by atoms with Crippen LogP contribution in [0.1, 0.15) is 15.9 Å². The van der Waals surface area contributed by atoms with Crippen molar-refractivity contribution in [3.63, 3.8) is 0 Å². The third kappa shape index (κ3) is 3.15. The molecule has 0 saturated carbocycles. The van der Waals surface area contributed by atoms with Crippen LogP contribution in [0.5, 0.6) is 0 Å². The first kappa shape index (κ1) is 14.3. The minimum absolute atomic E-state index is 0. The largest absolute Gasteiger partial charge is 0.465 e. The first-order chi connectivity index (χ1) is 6.60. The number of halogens is 3. The monoisotopic (exact) mass is 297 g/mol. The lowest BCUT2D eigenvalue weighted by molar-refractivity contribution is 0.0595. The van der Waals surface area contributed by atoms with Crippen LogP contribution in [0, 0.1) is 5.82 Å². The van der Waals surface area contributed by atoms with Gasteiger partial charge < -0.3 is 10.5 Å². The molecule has 0 aliphatic rings. The van der Waals surface area contributed by atoms with Crippen LogP contribution < -0.4 is 5.73 Å². The maximum absolute atomic E-state index is 13.3. The smallest absolute Gasteiger partial charge is 0.340 e. The number of hydrogen-bond acceptors (Lipinski definition) is 3. The van der Waals surface area contributed by atoms with Crippen molar-refractivity contribution >= 4 is 34.3 Å². The molecule has 6 heteroatoms. The minimum atomic E-state index is -0.702. The number of hydrogen-bond donors (Lipinski definition) is 1. The van der Waals surface area contributed by atoms with Crippen molar-refractivity contribution in [1.82, 2.24) is 0 Å². The molecule has 1 aromatic carbocycles. The highest BCUT2D eigenvalue weighted by molar-refractivity contribution is 9.10. The summed E-state index contributed by atoms with van der Waals surface area (Å²) in [7, 11) is 1.20. The zero-order chi connectivity index (χ0) is 10.7. The molecule has 15 heavy (non-hydrogen) atoms. The summed E-state index contributed by atoms with van der Waals surface area (Å²) in [5, 5.41) is 0. The van der Waals surface area contributed by atoms with E-state index in [1.54, 1.807) is 0 Å². The van der Waals surface area contributed by atoms with Crippen LogP contribution in [0.4, 0.5) is 4.39 Å². The Labute approximate surface area is 101 Å². The molecule has 0 spiro atoms. The molecule has 0 aliphatic heterocycles. The molecule has 0 amide bonds. The number of methoxy groups -OCH3 is 1. The standard InChI is InChI=1S/C9H9BrFNO2.ClH/c1-14-9(13)6-3-7(10)5(4-12)2-8(6)11;/h2-3H,4,12H2,1H3;1H. The molecule has 0 aromatic heterocycles. The lowest BCUT2D eigenvalue weighted by atomic mass is 10.1. The first-order valence-electron chi connectivity index (χ1n) is 3.86. The third-order valence-corrected chi connectivity index (χ3v) is 2.50. The van der Waals surface area contributed by atoms with E-state index in [0.29, 0.717) is 10.0 Å². The Morgan fingerprint density at radius 3 is 2.67 bits per heavy atom. The van der Waals surface area contributed by atoms with Crippen LogP contribution in [-0.2, 0) is 11.3 Å². The van der Waals surface area contributed by atoms with Gasteiger partial charge in [-0.1, -0.05) is 15.9 Å². The summed E-state index contributed by atoms with van der Waals surface area (Å²) in [5.41, 5.74) is 5.87. The second-order valence-corrected chi connectivity index (χ2v) is 3.47. The molecule has 0 atom stereocenters. The summed E-state index contributed by atoms with van der Waals surface area (Å²) in [6.07, 6.45) is 0. The SMILES string of the molecule is COC(=O)c1cc(Br)c(CN)cc1F.Cl. The fraction of sp³-hybridized carbons (Fsp3) is 0.222. The van der Waals surface area contributed by atoms with Crippen LogP contribution in [0.3, 0.4) is 0 Å². The summed E-state index contributed by atoms with van der Waals surface area (Å²) >= 11 is 3.18. The van der Waals surface area contributed by atoms with Crippen LogP contribution in [0.15, 0.2) is 16.6 Å². The van der Waals surface area contributed by atoms with Gasteiger partial charge >= 0.3 is 5.97 Å². The van der Waals surface area contributed by atoms with Gasteiger partial charge in [0.25, 0.3) is 0 Å². The molecule has 2 N–H and O–H groups in total. The van der Waals surface area contributed by atoms with E-state index in [4.69, 9.17) is 5.73 Å². The number of ether oxygens (including phenoxy) is 1. The topological polar surface area (TPSA) is 52.3 Å². The summed E-state index contributed by atoms with van der Waals surface area (Å²) in [5.74, 6) is -1.33. The summed E-state index contributed by atoms with van der Waals surface area (Å²) < 4.78 is 18.3. The summed E-state index contributed by atoms with van der Waals surface area (Å²) in [6.45, 7) is 0.207. The van der Waals surface area contributed by atoms with E-state index in [-0.39, 0.29) is 24.5 Å². The Morgan fingerprint density at radius 2 is 2.20 bits per heavy atom. The lowest BCUT2D eigenvalue weighted by Gasteiger charge is -2.05. The van der Waals surface area contributed by atoms with E-state index in [0.717, 1.165) is 0 Å². The Bertz CT molecular complexity index is 373. The maximum Gasteiger partial charge on any atom is 0.340 e. The quantitative estimate of drug-likeness (QED) is 0.852. The van der Waals surface area contributed by atoms with Crippen LogP contribution in [-0.4, -0.2) is 13.1 Å². The highest BCUT2D eigenvalue weighted by Gasteiger charge is 2.14. The molecule has 0 heterocycles. The minimum Gasteiger partial charge on any atom is -0.465 e. The highest BCUT2D eigenvalue weighted by atomic mass is 79.9. The Balaban J connectivity index is 0.00000196. The van der Waals surface area contributed by atoms with Crippen LogP contribution in [0.2, 0.25) is 0 Å². The highest BCUT2D eigenvalue weighted by Crippen LogP contribution is 2.21. The lowest BCUT2D eigenvalue weighted by Crippen LogP contribution is -2.07. The van der Waals surface area contributed by atoms with Gasteiger partial charge in [-0.15, -0.1) is 12.4 Å². The van der Waals surface area contributed by atoms with Gasteiger partial charge in [0, 0.05) is 11.0 Å². The first-order valence-corrected chi connectivity index (χ1v) is 4.65. The van der Waals surface area contributed by atoms with E-state index in [1.807, 2.05) is 0 Å². The van der Waals surface area contributed by atoms with Gasteiger partial charge in [-0.3, -0.25) is 0 Å². The van der Waals surface area contributed by atoms with Crippen molar-refractivity contribution in [3.8, 4) is 0 Å². The van der Waals surface area contributed by atoms with Gasteiger partial charge in [-0.2, -0.15) is 0 Å². The molecule has 0 radical (unpaired) electrons. The molecule has 3 nitrogen and oxygen atoms in total. The van der Waals surface area contributed by atoms with Gasteiger partial charge in [-0.25, -0.2) is 9.18 Å². The van der Waals surface area contributed by atoms with Crippen molar-refractivity contribution in [3.05, 3.63) is 33.5 Å². The second-order valence-electron chi connectivity index (χ2n) is 2.62. The number of carbonyl (C=O) groups is 1. The average Bonchev–Trinajstić information content (AvgIpc) is 2.19. The van der Waals surface area contributed by atoms with Gasteiger partial charge in [0.1, 0.15) is 5.82 Å². The predicted octanol–water partition coefficient (Wildman–Crippen LogP) is 2.26. The Kier molecular flexibility index (Phi) is 5.79. The molecule has 1 aromatic rings. The van der Waals surface area contributed by atoms with E-state index in [9.17, 15) is 9.18 Å². The van der Waals surface area contributed by atoms with Gasteiger partial charge in [0.2, 0.25) is 0 Å². The van der Waals surface area contributed by atoms with Gasteiger partial charge in [0.05, 0.1) is 12.7 Å². The van der Waals surface area contributed by atoms with Crippen molar-refractivity contribution in [2.75, 3.05) is 7.11 Å². The normalized spacial score (nSPS) is 9.33. The maximum atomic E-state index is 13.3. The number of esters is 1. The van der Waals surface area contributed by atoms with Crippen LogP contribution >= 0.6 is 28.3 Å². The molecule has 0 saturated heterocycles. The molecule has 0 bridgehead atoms. The molecule has 0 fully saturated rings. The fourth-order valence-electron chi connectivity index (χ4n) is 1.01. The predicted molar refractivity (Wildman–Crippen MR) is 60.6 cm³/mol. The number of nitrogens with two attached hydrogens (primary N) is 1. The second kappa shape index (κ2) is 6.05. The Morgan fingerprint density at radius 1 is 1.60 bits per heavy atom. The molecule has 84 valence electrons. The number of rotatable bonds is 2. The number of carbonyl (C=O) groups excluding carboxylic acids is 1. The average molecular weight is 299 g/mol. The zero-order valence-electron chi connectivity index (χ0n) is 7.92. The molecule has 0 aliphatic carbocycles. The van der Waals surface area contributed by atoms with E-state index < -0.39 is 11.8 Å². The fourth-order valence-corrected chi connectivity index (χ4v) is 1.52. The zero-order valence-corrected chi connectivity index (χ0v) is 10.3. The molecular formula is C9H10BrClFNO2. The van der Waals surface area contributed by atoms with Crippen molar-refractivity contribution in [2.45, 2.75) is 6.54 Å². The summed E-state index contributed by atoms with van der Waals surface area (Å²) in [6, 6.07) is 2.58. The Hall–Kier alpha value is -0.650. The number of benzene rings is 1. The van der Waals surface area contributed by atoms with Gasteiger partial charge in [0.15, 0.2) is 0 Å². The van der Waals surface area contributed by atoms with E-state index in [1.165, 1.54) is 19.2 Å². The van der Waals surface area contributed by atoms with E-state index in [2.05, 4.69) is 20.7 Å². The third-order valence-electron chi connectivity index (χ3n) is 1.76.